The molecule has 0 atom stereocenters. The number of ether oxygens (including phenoxy) is 1. The standard InChI is InChI=1S/C23H27N7O3S.C13H17N5O4S2/c1-13(2)33-17-9-15-11-24-10-14(15)8-16(17)27-20-19-21(26-12-25-20)34-22(28-19)23(32)30(5)7-6-18(31)29(3)4;1-17(2)8(19)5-6-18(3)13(20)11-16-9-10(23-11)14-7-15-12(9)24(4,21)22/h8-10,12-13H,6-7,11H2,1-5H3,(H,25,26,27);7H,5-6H2,1-4H3. The summed E-state index contributed by atoms with van der Waals surface area (Å²) < 4.78 is 29.5. The van der Waals surface area contributed by atoms with Crippen molar-refractivity contribution in [2.75, 3.05) is 66.9 Å². The lowest BCUT2D eigenvalue weighted by molar-refractivity contribution is -0.129. The van der Waals surface area contributed by atoms with E-state index >= 15 is 0 Å². The van der Waals surface area contributed by atoms with Crippen molar-refractivity contribution in [2.24, 2.45) is 4.99 Å². The van der Waals surface area contributed by atoms with Gasteiger partial charge in [-0.3, -0.25) is 24.2 Å². The highest BCUT2D eigenvalue weighted by Gasteiger charge is 2.24. The van der Waals surface area contributed by atoms with Gasteiger partial charge in [0.2, 0.25) is 11.8 Å². The van der Waals surface area contributed by atoms with Gasteiger partial charge in [0, 0.05) is 80.7 Å². The summed E-state index contributed by atoms with van der Waals surface area (Å²) in [5, 5.41) is 3.51. The van der Waals surface area contributed by atoms with Gasteiger partial charge in [0.15, 0.2) is 30.7 Å². The minimum Gasteiger partial charge on any atom is -0.489 e. The molecular weight excluding hydrogens is 809 g/mol. The second kappa shape index (κ2) is 18.2. The van der Waals surface area contributed by atoms with Crippen molar-refractivity contribution in [2.45, 2.75) is 44.4 Å². The Morgan fingerprint density at radius 3 is 1.86 bits per heavy atom. The van der Waals surface area contributed by atoms with E-state index in [0.29, 0.717) is 39.8 Å². The molecule has 0 saturated heterocycles. The molecule has 1 aliphatic rings. The van der Waals surface area contributed by atoms with E-state index in [9.17, 15) is 27.6 Å². The van der Waals surface area contributed by atoms with Gasteiger partial charge in [-0.1, -0.05) is 22.7 Å². The van der Waals surface area contributed by atoms with Gasteiger partial charge in [-0.25, -0.2) is 38.3 Å². The maximum absolute atomic E-state index is 12.9. The molecule has 0 bridgehead atoms. The van der Waals surface area contributed by atoms with E-state index in [0.717, 1.165) is 40.7 Å². The number of benzene rings is 1. The normalized spacial score (nSPS) is 11.9. The number of aromatic nitrogens is 6. The summed E-state index contributed by atoms with van der Waals surface area (Å²) in [5.41, 5.74) is 3.45. The van der Waals surface area contributed by atoms with Crippen LogP contribution in [0.25, 0.3) is 20.7 Å². The molecule has 1 aliphatic heterocycles. The fourth-order valence-corrected chi connectivity index (χ4v) is 7.85. The second-order valence-electron chi connectivity index (χ2n) is 13.9. The molecule has 6 rings (SSSR count). The van der Waals surface area contributed by atoms with Crippen LogP contribution in [0.2, 0.25) is 0 Å². The van der Waals surface area contributed by atoms with Gasteiger partial charge in [-0.2, -0.15) is 0 Å². The lowest BCUT2D eigenvalue weighted by Crippen LogP contribution is -2.32. The third-order valence-corrected chi connectivity index (χ3v) is 11.3. The highest BCUT2D eigenvalue weighted by Crippen LogP contribution is 2.35. The smallest absolute Gasteiger partial charge is 0.282 e. The lowest BCUT2D eigenvalue weighted by atomic mass is 10.1. The quantitative estimate of drug-likeness (QED) is 0.168. The molecule has 19 nitrogen and oxygen atoms in total. The van der Waals surface area contributed by atoms with Gasteiger partial charge in [-0.05, 0) is 37.1 Å². The van der Waals surface area contributed by atoms with Crippen molar-refractivity contribution < 1.29 is 32.3 Å². The van der Waals surface area contributed by atoms with E-state index in [1.165, 1.54) is 37.3 Å². The minimum atomic E-state index is -3.58. The monoisotopic (exact) mass is 852 g/mol. The molecule has 22 heteroatoms. The predicted molar refractivity (Wildman–Crippen MR) is 221 cm³/mol. The summed E-state index contributed by atoms with van der Waals surface area (Å²) in [6.07, 6.45) is 5.85. The molecule has 0 saturated carbocycles. The summed E-state index contributed by atoms with van der Waals surface area (Å²) in [5.74, 6) is 0.378. The summed E-state index contributed by atoms with van der Waals surface area (Å²) in [6.45, 7) is 5.10. The first-order chi connectivity index (χ1) is 27.3. The van der Waals surface area contributed by atoms with Crippen LogP contribution in [0.3, 0.4) is 0 Å². The Labute approximate surface area is 343 Å². The van der Waals surface area contributed by atoms with Crippen molar-refractivity contribution in [1.29, 1.82) is 0 Å². The molecule has 4 aromatic heterocycles. The zero-order valence-electron chi connectivity index (χ0n) is 33.5. The Balaban J connectivity index is 0.000000235. The molecule has 0 radical (unpaired) electrons. The van der Waals surface area contributed by atoms with E-state index < -0.39 is 15.7 Å². The number of carbonyl (C=O) groups excluding carboxylic acids is 4. The number of hydrogen-bond acceptors (Lipinski definition) is 17. The Morgan fingerprint density at radius 2 is 1.33 bits per heavy atom. The van der Waals surface area contributed by atoms with Gasteiger partial charge < -0.3 is 29.7 Å². The van der Waals surface area contributed by atoms with E-state index in [-0.39, 0.29) is 63.8 Å². The number of aliphatic imine (C=N–C) groups is 1. The summed E-state index contributed by atoms with van der Waals surface area (Å²) in [6, 6.07) is 3.97. The molecule has 0 spiro atoms. The summed E-state index contributed by atoms with van der Waals surface area (Å²) >= 11 is 2.18. The van der Waals surface area contributed by atoms with Crippen molar-refractivity contribution in [3.8, 4) is 5.75 Å². The first-order valence-electron chi connectivity index (χ1n) is 17.8. The number of thiazole rings is 2. The van der Waals surface area contributed by atoms with Crippen LogP contribution >= 0.6 is 22.7 Å². The first kappa shape index (κ1) is 43.4. The van der Waals surface area contributed by atoms with E-state index in [2.05, 4.69) is 40.2 Å². The van der Waals surface area contributed by atoms with Crippen LogP contribution in [-0.2, 0) is 26.0 Å². The van der Waals surface area contributed by atoms with Crippen molar-refractivity contribution in [3.63, 3.8) is 0 Å². The fraction of sp³-hybridized carbons (Fsp3) is 0.417. The van der Waals surface area contributed by atoms with Crippen LogP contribution < -0.4 is 10.1 Å². The first-order valence-corrected chi connectivity index (χ1v) is 21.3. The Hall–Kier alpha value is -5.74. The van der Waals surface area contributed by atoms with Crippen molar-refractivity contribution in [1.82, 2.24) is 49.5 Å². The molecule has 0 unspecified atom stereocenters. The van der Waals surface area contributed by atoms with Crippen molar-refractivity contribution >= 4 is 94.6 Å². The van der Waals surface area contributed by atoms with Crippen LogP contribution in [0.4, 0.5) is 11.5 Å². The number of hydrogen-bond donors (Lipinski definition) is 1. The molecule has 308 valence electrons. The van der Waals surface area contributed by atoms with Crippen LogP contribution in [0.5, 0.6) is 5.75 Å². The lowest BCUT2D eigenvalue weighted by Gasteiger charge is -2.17. The molecule has 1 N–H and O–H groups in total. The molecular formula is C36H44N12O7S3. The fourth-order valence-electron chi connectivity index (χ4n) is 5.25. The predicted octanol–water partition coefficient (Wildman–Crippen LogP) is 3.14. The van der Waals surface area contributed by atoms with Gasteiger partial charge in [0.25, 0.3) is 11.8 Å². The molecule has 58 heavy (non-hydrogen) atoms. The molecule has 0 fully saturated rings. The zero-order valence-corrected chi connectivity index (χ0v) is 36.0. The molecule has 5 aromatic rings. The highest BCUT2D eigenvalue weighted by atomic mass is 32.2. The third kappa shape index (κ3) is 10.4. The summed E-state index contributed by atoms with van der Waals surface area (Å²) in [7, 11) is 6.30. The third-order valence-electron chi connectivity index (χ3n) is 8.44. The van der Waals surface area contributed by atoms with Crippen LogP contribution in [-0.4, -0.2) is 155 Å². The van der Waals surface area contributed by atoms with Gasteiger partial charge in [0.1, 0.15) is 39.1 Å². The highest BCUT2D eigenvalue weighted by molar-refractivity contribution is 7.90. The summed E-state index contributed by atoms with van der Waals surface area (Å²) in [4.78, 5) is 84.8. The zero-order chi connectivity index (χ0) is 42.5. The molecule has 1 aromatic carbocycles. The average molecular weight is 853 g/mol. The van der Waals surface area contributed by atoms with E-state index in [4.69, 9.17) is 4.74 Å². The number of rotatable bonds is 13. The number of nitrogens with one attached hydrogen (secondary N) is 1. The molecule has 0 aliphatic carbocycles. The van der Waals surface area contributed by atoms with Crippen LogP contribution in [0.15, 0.2) is 34.8 Å². The topological polar surface area (TPSA) is 226 Å². The number of sulfone groups is 1. The Kier molecular flexibility index (Phi) is 13.6. The Bertz CT molecular complexity index is 2500. The molecule has 4 amide bonds. The number of anilines is 2. The minimum absolute atomic E-state index is 0.00949. The number of amides is 4. The van der Waals surface area contributed by atoms with Gasteiger partial charge >= 0.3 is 0 Å². The van der Waals surface area contributed by atoms with E-state index in [1.54, 1.807) is 42.3 Å². The maximum atomic E-state index is 12.9. The average Bonchev–Trinajstić information content (AvgIpc) is 3.93. The van der Waals surface area contributed by atoms with Crippen LogP contribution in [0.1, 0.15) is 57.4 Å². The number of fused-ring (bicyclic) bond motifs is 3. The Morgan fingerprint density at radius 1 is 0.793 bits per heavy atom. The van der Waals surface area contributed by atoms with E-state index in [1.807, 2.05) is 32.2 Å². The van der Waals surface area contributed by atoms with Crippen LogP contribution in [0, 0.1) is 0 Å². The van der Waals surface area contributed by atoms with Crippen molar-refractivity contribution in [3.05, 3.63) is 45.9 Å². The number of carbonyl (C=O) groups is 4. The van der Waals surface area contributed by atoms with Gasteiger partial charge in [0.05, 0.1) is 18.3 Å². The number of nitrogens with zero attached hydrogens (tertiary/aromatic N) is 11. The largest absolute Gasteiger partial charge is 0.489 e. The SMILES string of the molecule is CC(C)Oc1cc2c(cc1Nc1ncnc3sc(C(=O)N(C)CCC(=O)N(C)C)nc13)C=NC2.CN(C)C(=O)CCN(C)C(=O)c1nc2c(S(C)(=O)=O)ncnc2s1. The molecule has 5 heterocycles. The van der Waals surface area contributed by atoms with Gasteiger partial charge in [-0.15, -0.1) is 0 Å². The second-order valence-corrected chi connectivity index (χ2v) is 17.7. The maximum Gasteiger partial charge on any atom is 0.282 e.